The van der Waals surface area contributed by atoms with E-state index in [1.165, 1.54) is 34.8 Å². The van der Waals surface area contributed by atoms with Crippen LogP contribution in [-0.4, -0.2) is 24.7 Å². The Labute approximate surface area is 101 Å². The van der Waals surface area contributed by atoms with Gasteiger partial charge in [0, 0.05) is 18.0 Å². The number of aryl methyl sites for hydroxylation is 2. The van der Waals surface area contributed by atoms with Gasteiger partial charge in [-0.05, 0) is 33.1 Å². The van der Waals surface area contributed by atoms with Gasteiger partial charge < -0.3 is 10.1 Å². The lowest BCUT2D eigenvalue weighted by atomic mass is 10.3. The van der Waals surface area contributed by atoms with Crippen molar-refractivity contribution < 1.29 is 4.74 Å². The molecule has 1 aromatic rings. The van der Waals surface area contributed by atoms with Gasteiger partial charge >= 0.3 is 0 Å². The number of nitrogens with zero attached hydrogens (tertiary/aromatic N) is 1. The monoisotopic (exact) mass is 240 g/mol. The lowest BCUT2D eigenvalue weighted by Crippen LogP contribution is -2.23. The first-order chi connectivity index (χ1) is 7.81. The summed E-state index contributed by atoms with van der Waals surface area (Å²) in [4.78, 5) is 6.21. The Hall–Kier alpha value is -0.450. The van der Waals surface area contributed by atoms with Crippen LogP contribution in [0.2, 0.25) is 0 Å². The largest absolute Gasteiger partial charge is 0.380 e. The molecule has 1 aliphatic rings. The van der Waals surface area contributed by atoms with Crippen molar-refractivity contribution in [3.8, 4) is 0 Å². The Bertz CT molecular complexity index is 316. The van der Waals surface area contributed by atoms with Gasteiger partial charge in [0.1, 0.15) is 5.01 Å². The van der Waals surface area contributed by atoms with Gasteiger partial charge in [-0.1, -0.05) is 0 Å². The molecule has 0 fully saturated rings. The molecule has 0 bridgehead atoms. The van der Waals surface area contributed by atoms with Gasteiger partial charge in [0.05, 0.1) is 18.3 Å². The van der Waals surface area contributed by atoms with Gasteiger partial charge in [0.25, 0.3) is 0 Å². The number of rotatable bonds is 6. The van der Waals surface area contributed by atoms with Gasteiger partial charge in [0.2, 0.25) is 0 Å². The van der Waals surface area contributed by atoms with Gasteiger partial charge in [0.15, 0.2) is 0 Å². The summed E-state index contributed by atoms with van der Waals surface area (Å²) in [6, 6.07) is 0.357. The molecule has 90 valence electrons. The summed E-state index contributed by atoms with van der Waals surface area (Å²) in [6.07, 6.45) is 3.71. The second kappa shape index (κ2) is 5.75. The van der Waals surface area contributed by atoms with E-state index in [-0.39, 0.29) is 0 Å². The number of aromatic nitrogens is 1. The van der Waals surface area contributed by atoms with Crippen molar-refractivity contribution in [2.24, 2.45) is 0 Å². The molecular weight excluding hydrogens is 220 g/mol. The molecule has 16 heavy (non-hydrogen) atoms. The van der Waals surface area contributed by atoms with E-state index in [0.717, 1.165) is 19.8 Å². The molecule has 4 heteroatoms. The highest BCUT2D eigenvalue weighted by atomic mass is 32.1. The molecule has 0 aliphatic heterocycles. The van der Waals surface area contributed by atoms with Crippen LogP contribution in [0.5, 0.6) is 0 Å². The van der Waals surface area contributed by atoms with Crippen LogP contribution in [0, 0.1) is 0 Å². The average molecular weight is 240 g/mol. The summed E-state index contributed by atoms with van der Waals surface area (Å²) in [6.45, 7) is 6.68. The van der Waals surface area contributed by atoms with E-state index in [0.29, 0.717) is 6.04 Å². The maximum atomic E-state index is 5.30. The Morgan fingerprint density at radius 1 is 1.50 bits per heavy atom. The zero-order valence-electron chi connectivity index (χ0n) is 10.1. The Balaban J connectivity index is 1.81. The van der Waals surface area contributed by atoms with Gasteiger partial charge in [-0.25, -0.2) is 4.98 Å². The quantitative estimate of drug-likeness (QED) is 0.775. The molecule has 1 aliphatic carbocycles. The fraction of sp³-hybridized carbons (Fsp3) is 0.750. The first kappa shape index (κ1) is 12.0. The van der Waals surface area contributed by atoms with Gasteiger partial charge in [-0.3, -0.25) is 0 Å². The molecular formula is C12H20N2OS. The number of fused-ring (bicyclic) bond motifs is 1. The van der Waals surface area contributed by atoms with Crippen molar-refractivity contribution in [2.45, 2.75) is 39.2 Å². The van der Waals surface area contributed by atoms with E-state index in [4.69, 9.17) is 9.72 Å². The van der Waals surface area contributed by atoms with E-state index in [1.54, 1.807) is 0 Å². The Morgan fingerprint density at radius 3 is 3.12 bits per heavy atom. The van der Waals surface area contributed by atoms with Crippen molar-refractivity contribution in [1.82, 2.24) is 10.3 Å². The van der Waals surface area contributed by atoms with E-state index in [2.05, 4.69) is 12.2 Å². The number of ether oxygens (including phenoxy) is 1. The van der Waals surface area contributed by atoms with Crippen molar-refractivity contribution in [2.75, 3.05) is 19.8 Å². The van der Waals surface area contributed by atoms with Crippen LogP contribution in [0.15, 0.2) is 0 Å². The van der Waals surface area contributed by atoms with Crippen molar-refractivity contribution in [3.05, 3.63) is 15.6 Å². The van der Waals surface area contributed by atoms with Crippen LogP contribution in [0.1, 0.15) is 41.9 Å². The fourth-order valence-corrected chi connectivity index (χ4v) is 3.16. The summed E-state index contributed by atoms with van der Waals surface area (Å²) in [5.41, 5.74) is 1.35. The summed E-state index contributed by atoms with van der Waals surface area (Å²) in [5.74, 6) is 0. The predicted molar refractivity (Wildman–Crippen MR) is 67.0 cm³/mol. The third-order valence-electron chi connectivity index (χ3n) is 2.88. The molecule has 1 atom stereocenters. The van der Waals surface area contributed by atoms with Crippen LogP contribution in [0.4, 0.5) is 0 Å². The van der Waals surface area contributed by atoms with Crippen LogP contribution in [0.3, 0.4) is 0 Å². The highest BCUT2D eigenvalue weighted by Crippen LogP contribution is 2.30. The molecule has 1 heterocycles. The fourth-order valence-electron chi connectivity index (χ4n) is 1.97. The molecule has 0 saturated carbocycles. The summed E-state index contributed by atoms with van der Waals surface area (Å²) < 4.78 is 5.30. The van der Waals surface area contributed by atoms with E-state index < -0.39 is 0 Å². The molecule has 0 saturated heterocycles. The van der Waals surface area contributed by atoms with Crippen LogP contribution < -0.4 is 5.32 Å². The zero-order chi connectivity index (χ0) is 11.4. The first-order valence-corrected chi connectivity index (χ1v) is 6.92. The second-order valence-corrected chi connectivity index (χ2v) is 5.26. The van der Waals surface area contributed by atoms with Crippen LogP contribution in [0.25, 0.3) is 0 Å². The number of hydrogen-bond donors (Lipinski definition) is 1. The second-order valence-electron chi connectivity index (χ2n) is 4.15. The van der Waals surface area contributed by atoms with E-state index in [9.17, 15) is 0 Å². The van der Waals surface area contributed by atoms with Crippen LogP contribution >= 0.6 is 11.3 Å². The summed E-state index contributed by atoms with van der Waals surface area (Å²) >= 11 is 1.88. The molecule has 0 radical (unpaired) electrons. The lowest BCUT2D eigenvalue weighted by molar-refractivity contribution is 0.147. The smallest absolute Gasteiger partial charge is 0.110 e. The van der Waals surface area contributed by atoms with E-state index >= 15 is 0 Å². The highest BCUT2D eigenvalue weighted by molar-refractivity contribution is 7.11. The summed E-state index contributed by atoms with van der Waals surface area (Å²) in [7, 11) is 0. The Kier molecular flexibility index (Phi) is 4.32. The maximum absolute atomic E-state index is 5.30. The molecule has 3 nitrogen and oxygen atoms in total. The minimum absolute atomic E-state index is 0.357. The standard InChI is InChI=1S/C12H20N2OS/c1-3-15-8-7-13-9(2)12-14-10-5-4-6-11(10)16-12/h9,13H,3-8H2,1-2H3. The average Bonchev–Trinajstić information content (AvgIpc) is 2.83. The zero-order valence-corrected chi connectivity index (χ0v) is 10.9. The van der Waals surface area contributed by atoms with Crippen molar-refractivity contribution in [1.29, 1.82) is 0 Å². The molecule has 0 aromatic carbocycles. The molecule has 2 rings (SSSR count). The normalized spacial score (nSPS) is 16.4. The predicted octanol–water partition coefficient (Wildman–Crippen LogP) is 2.32. The minimum Gasteiger partial charge on any atom is -0.380 e. The number of hydrogen-bond acceptors (Lipinski definition) is 4. The molecule has 1 N–H and O–H groups in total. The topological polar surface area (TPSA) is 34.1 Å². The third kappa shape index (κ3) is 2.81. The van der Waals surface area contributed by atoms with Gasteiger partial charge in [-0.15, -0.1) is 11.3 Å². The molecule has 0 spiro atoms. The van der Waals surface area contributed by atoms with Crippen LogP contribution in [-0.2, 0) is 17.6 Å². The number of thiazole rings is 1. The lowest BCUT2D eigenvalue weighted by Gasteiger charge is -2.10. The van der Waals surface area contributed by atoms with Gasteiger partial charge in [-0.2, -0.15) is 0 Å². The number of nitrogens with one attached hydrogen (secondary N) is 1. The molecule has 1 aromatic heterocycles. The first-order valence-electron chi connectivity index (χ1n) is 6.11. The highest BCUT2D eigenvalue weighted by Gasteiger charge is 2.19. The SMILES string of the molecule is CCOCCNC(C)c1nc2c(s1)CCC2. The molecule has 1 unspecified atom stereocenters. The summed E-state index contributed by atoms with van der Waals surface area (Å²) in [5, 5.41) is 4.68. The maximum Gasteiger partial charge on any atom is 0.110 e. The molecule has 0 amide bonds. The van der Waals surface area contributed by atoms with E-state index in [1.807, 2.05) is 18.3 Å². The Morgan fingerprint density at radius 2 is 2.38 bits per heavy atom. The minimum atomic E-state index is 0.357. The van der Waals surface area contributed by atoms with Crippen molar-refractivity contribution in [3.63, 3.8) is 0 Å². The van der Waals surface area contributed by atoms with Crippen molar-refractivity contribution >= 4 is 11.3 Å². The third-order valence-corrected chi connectivity index (χ3v) is 4.22.